The van der Waals surface area contributed by atoms with Crippen molar-refractivity contribution in [3.8, 4) is 17.2 Å². The van der Waals surface area contributed by atoms with E-state index in [0.29, 0.717) is 61.2 Å². The molecule has 0 bridgehead atoms. The van der Waals surface area contributed by atoms with Gasteiger partial charge >= 0.3 is 11.9 Å². The largest absolute Gasteiger partial charge is 0.507 e. The minimum atomic E-state index is -1.93. The van der Waals surface area contributed by atoms with Crippen LogP contribution in [0.25, 0.3) is 5.57 Å². The zero-order valence-electron chi connectivity index (χ0n) is 33.3. The maximum absolute atomic E-state index is 14.1. The van der Waals surface area contributed by atoms with E-state index in [1.54, 1.807) is 26.8 Å². The summed E-state index contributed by atoms with van der Waals surface area (Å²) >= 11 is 0. The second-order valence-electron chi connectivity index (χ2n) is 18.2. The predicted octanol–water partition coefficient (Wildman–Crippen LogP) is 9.77. The van der Waals surface area contributed by atoms with Crippen LogP contribution in [0.4, 0.5) is 0 Å². The number of phenols is 3. The Morgan fingerprint density at radius 1 is 0.569 bits per heavy atom. The molecule has 276 valence electrons. The third-order valence-electron chi connectivity index (χ3n) is 11.2. The van der Waals surface area contributed by atoms with Crippen LogP contribution < -0.4 is 0 Å². The van der Waals surface area contributed by atoms with Gasteiger partial charge in [-0.3, -0.25) is 9.59 Å². The van der Waals surface area contributed by atoms with Crippen LogP contribution in [0.15, 0.2) is 24.3 Å². The van der Waals surface area contributed by atoms with Gasteiger partial charge in [0.1, 0.15) is 22.7 Å². The number of benzene rings is 3. The zero-order chi connectivity index (χ0) is 39.1. The number of hydrogen-bond acceptors (Lipinski definition) is 5. The summed E-state index contributed by atoms with van der Waals surface area (Å²) in [6, 6.07) is 5.54. The molecule has 7 heteroatoms. The highest BCUT2D eigenvalue weighted by Crippen LogP contribution is 2.57. The van der Waals surface area contributed by atoms with Crippen LogP contribution in [-0.4, -0.2) is 37.5 Å². The third kappa shape index (κ3) is 6.31. The van der Waals surface area contributed by atoms with E-state index in [-0.39, 0.29) is 30.1 Å². The number of carboxylic acid groups (broad SMARTS) is 2. The van der Waals surface area contributed by atoms with Crippen molar-refractivity contribution < 1.29 is 35.1 Å². The van der Waals surface area contributed by atoms with Gasteiger partial charge in [0.25, 0.3) is 0 Å². The summed E-state index contributed by atoms with van der Waals surface area (Å²) in [7, 11) is 0. The van der Waals surface area contributed by atoms with E-state index in [4.69, 9.17) is 0 Å². The first-order chi connectivity index (χ1) is 23.0. The molecule has 7 nitrogen and oxygen atoms in total. The van der Waals surface area contributed by atoms with E-state index in [2.05, 4.69) is 0 Å². The van der Waals surface area contributed by atoms with Crippen molar-refractivity contribution in [1.82, 2.24) is 0 Å². The van der Waals surface area contributed by atoms with E-state index in [0.717, 1.165) is 11.1 Å². The average Bonchev–Trinajstić information content (AvgIpc) is 2.96. The van der Waals surface area contributed by atoms with Crippen molar-refractivity contribution >= 4 is 17.5 Å². The van der Waals surface area contributed by atoms with Crippen molar-refractivity contribution in [3.05, 3.63) is 91.0 Å². The second kappa shape index (κ2) is 12.5. The van der Waals surface area contributed by atoms with Crippen molar-refractivity contribution in [1.29, 1.82) is 0 Å². The van der Waals surface area contributed by atoms with Crippen LogP contribution >= 0.6 is 0 Å². The van der Waals surface area contributed by atoms with Gasteiger partial charge in [-0.15, -0.1) is 0 Å². The van der Waals surface area contributed by atoms with E-state index in [1.807, 2.05) is 101 Å². The number of aliphatic carboxylic acids is 2. The Kier molecular flexibility index (Phi) is 9.65. The number of aromatic hydroxyl groups is 3. The molecule has 2 unspecified atom stereocenters. The quantitative estimate of drug-likeness (QED) is 0.179. The summed E-state index contributed by atoms with van der Waals surface area (Å²) in [5.41, 5.74) is 2.10. The molecule has 0 fully saturated rings. The molecule has 0 radical (unpaired) electrons. The number of allylic oxidation sites excluding steroid dienone is 1. The molecule has 51 heavy (non-hydrogen) atoms. The fraction of sp³-hybridized carbons (Fsp3) is 0.500. The Labute approximate surface area is 304 Å². The highest BCUT2D eigenvalue weighted by Gasteiger charge is 2.57. The molecule has 0 saturated heterocycles. The smallest absolute Gasteiger partial charge is 0.318 e. The predicted molar refractivity (Wildman–Crippen MR) is 205 cm³/mol. The first-order valence-electron chi connectivity index (χ1n) is 17.7. The summed E-state index contributed by atoms with van der Waals surface area (Å²) in [4.78, 5) is 28.3. The third-order valence-corrected chi connectivity index (χ3v) is 11.2. The summed E-state index contributed by atoms with van der Waals surface area (Å²) in [5.74, 6) is -2.43. The van der Waals surface area contributed by atoms with Gasteiger partial charge in [0, 0.05) is 0 Å². The number of phenolic OH excluding ortho intramolecular Hbond substituents is 3. The SMILES string of the molecule is Cc1cc(C(C)(C)C)c(O)c(C)c1C1=CC(C(=O)O)(c2c(C)cc(C(C)(C)C)c(O)c2C)CC(C(=O)O)(c2c(C)cc(C(C)(C)C)c(O)c2C)C1. The van der Waals surface area contributed by atoms with Crippen molar-refractivity contribution in [2.45, 2.75) is 144 Å². The second-order valence-corrected chi connectivity index (χ2v) is 18.2. The number of hydrogen-bond donors (Lipinski definition) is 5. The summed E-state index contributed by atoms with van der Waals surface area (Å²) in [5, 5.41) is 58.0. The van der Waals surface area contributed by atoms with Gasteiger partial charge in [0.2, 0.25) is 0 Å². The molecule has 1 aliphatic carbocycles. The summed E-state index contributed by atoms with van der Waals surface area (Å²) < 4.78 is 0. The molecule has 0 saturated carbocycles. The van der Waals surface area contributed by atoms with Gasteiger partial charge in [-0.05, 0) is 143 Å². The van der Waals surface area contributed by atoms with Crippen molar-refractivity contribution in [2.24, 2.45) is 0 Å². The number of carbonyl (C=O) groups is 2. The van der Waals surface area contributed by atoms with E-state index >= 15 is 0 Å². The molecule has 0 spiro atoms. The topological polar surface area (TPSA) is 135 Å². The molecule has 2 atom stereocenters. The zero-order valence-corrected chi connectivity index (χ0v) is 33.3. The molecule has 1 aliphatic rings. The molecule has 0 aliphatic heterocycles. The Morgan fingerprint density at radius 2 is 0.941 bits per heavy atom. The van der Waals surface area contributed by atoms with Crippen LogP contribution in [0.2, 0.25) is 0 Å². The summed E-state index contributed by atoms with van der Waals surface area (Å²) in [6.45, 7) is 28.6. The Balaban J connectivity index is 2.29. The first kappa shape index (κ1) is 39.5. The van der Waals surface area contributed by atoms with Gasteiger partial charge in [-0.25, -0.2) is 0 Å². The number of carboxylic acids is 2. The van der Waals surface area contributed by atoms with Gasteiger partial charge in [0.15, 0.2) is 0 Å². The van der Waals surface area contributed by atoms with Crippen LogP contribution in [0.3, 0.4) is 0 Å². The standard InChI is InChI=1S/C44H58O7/c1-22-16-29(40(7,8)9)35(45)25(4)32(22)28-19-43(38(48)49,33-23(2)17-30(41(10,11)12)36(46)26(33)5)21-44(20-28,39(50)51)34-24(3)18-31(42(13,14)15)37(47)27(34)6/h16-19,45-47H,20-21H2,1-15H3,(H,48,49)(H,50,51). The van der Waals surface area contributed by atoms with Crippen LogP contribution in [0, 0.1) is 41.5 Å². The summed E-state index contributed by atoms with van der Waals surface area (Å²) in [6.07, 6.45) is 1.21. The fourth-order valence-electron chi connectivity index (χ4n) is 8.82. The van der Waals surface area contributed by atoms with Gasteiger partial charge in [-0.2, -0.15) is 0 Å². The van der Waals surface area contributed by atoms with Crippen LogP contribution in [-0.2, 0) is 36.7 Å². The fourth-order valence-corrected chi connectivity index (χ4v) is 8.82. The molecule has 3 aromatic carbocycles. The van der Waals surface area contributed by atoms with Gasteiger partial charge in [0.05, 0.1) is 5.41 Å². The molecule has 3 aromatic rings. The lowest BCUT2D eigenvalue weighted by Gasteiger charge is -2.46. The Hall–Kier alpha value is -4.26. The Bertz CT molecular complexity index is 1990. The highest BCUT2D eigenvalue weighted by atomic mass is 16.4. The monoisotopic (exact) mass is 698 g/mol. The average molecular weight is 699 g/mol. The molecule has 4 rings (SSSR count). The molecular weight excluding hydrogens is 640 g/mol. The van der Waals surface area contributed by atoms with Gasteiger partial charge < -0.3 is 25.5 Å². The minimum Gasteiger partial charge on any atom is -0.507 e. The van der Waals surface area contributed by atoms with Crippen LogP contribution in [0.1, 0.15) is 142 Å². The van der Waals surface area contributed by atoms with Crippen molar-refractivity contribution in [3.63, 3.8) is 0 Å². The normalized spacial score (nSPS) is 19.9. The minimum absolute atomic E-state index is 0.0141. The molecule has 0 amide bonds. The van der Waals surface area contributed by atoms with E-state index in [9.17, 15) is 35.1 Å². The lowest BCUT2D eigenvalue weighted by molar-refractivity contribution is -0.148. The number of rotatable bonds is 5. The van der Waals surface area contributed by atoms with Crippen LogP contribution in [0.5, 0.6) is 17.2 Å². The molecule has 5 N–H and O–H groups in total. The highest BCUT2D eigenvalue weighted by molar-refractivity contribution is 5.96. The lowest BCUT2D eigenvalue weighted by Crippen LogP contribution is -2.50. The lowest BCUT2D eigenvalue weighted by atomic mass is 9.55. The van der Waals surface area contributed by atoms with E-state index < -0.39 is 39.0 Å². The molecule has 0 heterocycles. The van der Waals surface area contributed by atoms with Gasteiger partial charge in [-0.1, -0.05) is 86.6 Å². The maximum Gasteiger partial charge on any atom is 0.318 e. The maximum atomic E-state index is 14.1. The first-order valence-corrected chi connectivity index (χ1v) is 17.7. The molecular formula is C44H58O7. The van der Waals surface area contributed by atoms with Crippen molar-refractivity contribution in [2.75, 3.05) is 0 Å². The number of aryl methyl sites for hydroxylation is 3. The molecule has 0 aromatic heterocycles. The Morgan fingerprint density at radius 3 is 1.33 bits per heavy atom. The van der Waals surface area contributed by atoms with E-state index in [1.165, 1.54) is 0 Å².